The summed E-state index contributed by atoms with van der Waals surface area (Å²) in [6.07, 6.45) is 0. The average molecular weight is 344 g/mol. The Hall–Kier alpha value is -2.86. The fraction of sp³-hybridized carbons (Fsp3) is 0.118. The molecule has 0 unspecified atom stereocenters. The van der Waals surface area contributed by atoms with Gasteiger partial charge >= 0.3 is 5.69 Å². The van der Waals surface area contributed by atoms with Crippen molar-refractivity contribution in [2.75, 3.05) is 5.32 Å². The summed E-state index contributed by atoms with van der Waals surface area (Å²) in [5, 5.41) is 3.57. The topological polar surface area (TPSA) is 73.1 Å². The lowest BCUT2D eigenvalue weighted by Crippen LogP contribution is -2.40. The molecule has 0 saturated carbocycles. The summed E-state index contributed by atoms with van der Waals surface area (Å²) in [5.41, 5.74) is 0.0311. The highest BCUT2D eigenvalue weighted by Gasteiger charge is 2.13. The molecule has 24 heavy (non-hydrogen) atoms. The van der Waals surface area contributed by atoms with E-state index in [4.69, 9.17) is 11.6 Å². The Balaban J connectivity index is 2.00. The molecule has 6 nitrogen and oxygen atoms in total. The number of aromatic nitrogens is 2. The molecule has 1 N–H and O–H groups in total. The molecule has 0 saturated heterocycles. The van der Waals surface area contributed by atoms with E-state index in [-0.39, 0.29) is 18.0 Å². The lowest BCUT2D eigenvalue weighted by Gasteiger charge is -2.12. The second-order valence-electron chi connectivity index (χ2n) is 5.31. The van der Waals surface area contributed by atoms with Crippen molar-refractivity contribution in [2.45, 2.75) is 6.54 Å². The van der Waals surface area contributed by atoms with Crippen molar-refractivity contribution in [3.05, 3.63) is 74.4 Å². The molecule has 0 aliphatic carbocycles. The molecule has 0 spiro atoms. The number of amides is 1. The minimum Gasteiger partial charge on any atom is -0.324 e. The molecule has 7 heteroatoms. The monoisotopic (exact) mass is 343 g/mol. The molecule has 3 rings (SSSR count). The van der Waals surface area contributed by atoms with Crippen molar-refractivity contribution in [1.29, 1.82) is 0 Å². The Morgan fingerprint density at radius 2 is 1.88 bits per heavy atom. The van der Waals surface area contributed by atoms with E-state index in [2.05, 4.69) is 5.32 Å². The van der Waals surface area contributed by atoms with Crippen LogP contribution < -0.4 is 16.6 Å². The summed E-state index contributed by atoms with van der Waals surface area (Å²) in [7, 11) is 1.39. The molecule has 3 aromatic rings. The summed E-state index contributed by atoms with van der Waals surface area (Å²) >= 11 is 5.89. The van der Waals surface area contributed by atoms with E-state index in [1.807, 2.05) is 0 Å². The van der Waals surface area contributed by atoms with Gasteiger partial charge in [0.15, 0.2) is 0 Å². The van der Waals surface area contributed by atoms with Crippen molar-refractivity contribution in [2.24, 2.45) is 7.05 Å². The maximum atomic E-state index is 12.4. The fourth-order valence-corrected chi connectivity index (χ4v) is 2.69. The van der Waals surface area contributed by atoms with Crippen LogP contribution >= 0.6 is 11.6 Å². The molecule has 0 aliphatic rings. The fourth-order valence-electron chi connectivity index (χ4n) is 2.50. The first kappa shape index (κ1) is 16.0. The number of carbonyl (C=O) groups is 1. The number of hydrogen-bond acceptors (Lipinski definition) is 3. The zero-order valence-corrected chi connectivity index (χ0v) is 13.6. The number of anilines is 1. The van der Waals surface area contributed by atoms with Gasteiger partial charge in [-0.15, -0.1) is 0 Å². The Morgan fingerprint density at radius 1 is 1.12 bits per heavy atom. The van der Waals surface area contributed by atoms with Crippen molar-refractivity contribution in [3.8, 4) is 0 Å². The summed E-state index contributed by atoms with van der Waals surface area (Å²) in [6, 6.07) is 13.4. The van der Waals surface area contributed by atoms with Gasteiger partial charge in [-0.25, -0.2) is 4.79 Å². The van der Waals surface area contributed by atoms with Crippen LogP contribution in [0.5, 0.6) is 0 Å². The van der Waals surface area contributed by atoms with Crippen LogP contribution in [-0.2, 0) is 18.4 Å². The molecular formula is C17H14ClN3O3. The second-order valence-corrected chi connectivity index (χ2v) is 5.74. The Kier molecular flexibility index (Phi) is 4.22. The number of fused-ring (bicyclic) bond motifs is 1. The lowest BCUT2D eigenvalue weighted by molar-refractivity contribution is -0.116. The van der Waals surface area contributed by atoms with Crippen LogP contribution in [0.2, 0.25) is 5.02 Å². The van der Waals surface area contributed by atoms with E-state index in [0.717, 1.165) is 4.57 Å². The Labute approximate surface area is 141 Å². The third-order valence-corrected chi connectivity index (χ3v) is 3.89. The van der Waals surface area contributed by atoms with Gasteiger partial charge in [-0.05, 0) is 30.3 Å². The highest BCUT2D eigenvalue weighted by atomic mass is 35.5. The molecule has 0 radical (unpaired) electrons. The first-order valence-electron chi connectivity index (χ1n) is 7.21. The quantitative estimate of drug-likeness (QED) is 0.790. The van der Waals surface area contributed by atoms with Gasteiger partial charge in [-0.2, -0.15) is 0 Å². The molecule has 1 aromatic heterocycles. The third kappa shape index (κ3) is 2.96. The number of halogens is 1. The van der Waals surface area contributed by atoms with Crippen molar-refractivity contribution in [3.63, 3.8) is 0 Å². The summed E-state index contributed by atoms with van der Waals surface area (Å²) in [4.78, 5) is 36.8. The Bertz CT molecular complexity index is 1050. The van der Waals surface area contributed by atoms with Gasteiger partial charge in [0.05, 0.1) is 10.9 Å². The number of benzene rings is 2. The predicted octanol–water partition coefficient (Wildman–Crippen LogP) is 1.99. The van der Waals surface area contributed by atoms with Crippen molar-refractivity contribution in [1.82, 2.24) is 9.13 Å². The van der Waals surface area contributed by atoms with Crippen LogP contribution in [0.3, 0.4) is 0 Å². The van der Waals surface area contributed by atoms with Gasteiger partial charge in [0.25, 0.3) is 5.56 Å². The number of carbonyl (C=O) groups excluding carboxylic acids is 1. The Morgan fingerprint density at radius 3 is 2.62 bits per heavy atom. The summed E-state index contributed by atoms with van der Waals surface area (Å²) < 4.78 is 2.27. The zero-order chi connectivity index (χ0) is 17.3. The molecule has 0 fully saturated rings. The normalized spacial score (nSPS) is 10.8. The van der Waals surface area contributed by atoms with E-state index in [1.54, 1.807) is 48.5 Å². The van der Waals surface area contributed by atoms with Gasteiger partial charge in [0, 0.05) is 17.8 Å². The molecule has 0 atom stereocenters. The van der Waals surface area contributed by atoms with Crippen LogP contribution in [0.4, 0.5) is 5.69 Å². The van der Waals surface area contributed by atoms with Crippen LogP contribution in [0, 0.1) is 0 Å². The third-order valence-electron chi connectivity index (χ3n) is 3.66. The number of nitrogens with one attached hydrogen (secondary N) is 1. The van der Waals surface area contributed by atoms with E-state index in [1.165, 1.54) is 11.6 Å². The van der Waals surface area contributed by atoms with Gasteiger partial charge in [0.1, 0.15) is 6.54 Å². The molecule has 1 amide bonds. The van der Waals surface area contributed by atoms with Crippen LogP contribution in [0.1, 0.15) is 0 Å². The summed E-state index contributed by atoms with van der Waals surface area (Å²) in [5.74, 6) is -0.386. The van der Waals surface area contributed by atoms with Gasteiger partial charge in [-0.1, -0.05) is 29.8 Å². The first-order valence-corrected chi connectivity index (χ1v) is 7.59. The standard InChI is InChI=1S/C17H14ClN3O3/c1-20-16(23)13-7-2-3-8-14(13)21(17(20)24)10-15(22)19-12-6-4-5-11(18)9-12/h2-9H,10H2,1H3,(H,19,22). The van der Waals surface area contributed by atoms with Crippen molar-refractivity contribution >= 4 is 34.1 Å². The van der Waals surface area contributed by atoms with E-state index >= 15 is 0 Å². The minimum atomic E-state index is -0.542. The molecule has 2 aromatic carbocycles. The average Bonchev–Trinajstić information content (AvgIpc) is 2.57. The lowest BCUT2D eigenvalue weighted by atomic mass is 10.2. The zero-order valence-electron chi connectivity index (χ0n) is 12.8. The SMILES string of the molecule is Cn1c(=O)c2ccccc2n(CC(=O)Nc2cccc(Cl)c2)c1=O. The number of hydrogen-bond donors (Lipinski definition) is 1. The minimum absolute atomic E-state index is 0.208. The molecule has 0 bridgehead atoms. The van der Waals surface area contributed by atoms with Crippen LogP contribution in [0.25, 0.3) is 10.9 Å². The highest BCUT2D eigenvalue weighted by molar-refractivity contribution is 6.30. The van der Waals surface area contributed by atoms with Gasteiger partial charge in [-0.3, -0.25) is 18.7 Å². The second kappa shape index (κ2) is 6.33. The number of rotatable bonds is 3. The molecular weight excluding hydrogens is 330 g/mol. The molecule has 1 heterocycles. The van der Waals surface area contributed by atoms with Crippen molar-refractivity contribution < 1.29 is 4.79 Å². The largest absolute Gasteiger partial charge is 0.331 e. The van der Waals surface area contributed by atoms with Crippen LogP contribution in [0.15, 0.2) is 58.1 Å². The van der Waals surface area contributed by atoms with Crippen LogP contribution in [-0.4, -0.2) is 15.0 Å². The predicted molar refractivity (Wildman–Crippen MR) is 93.5 cm³/mol. The van der Waals surface area contributed by atoms with E-state index < -0.39 is 5.69 Å². The maximum absolute atomic E-state index is 12.4. The summed E-state index contributed by atoms with van der Waals surface area (Å²) in [6.45, 7) is -0.208. The van der Waals surface area contributed by atoms with E-state index in [9.17, 15) is 14.4 Å². The molecule has 122 valence electrons. The highest BCUT2D eigenvalue weighted by Crippen LogP contribution is 2.15. The maximum Gasteiger partial charge on any atom is 0.331 e. The number of nitrogens with zero attached hydrogens (tertiary/aromatic N) is 2. The van der Waals surface area contributed by atoms with E-state index in [0.29, 0.717) is 21.6 Å². The van der Waals surface area contributed by atoms with Gasteiger partial charge in [0.2, 0.25) is 5.91 Å². The first-order chi connectivity index (χ1) is 11.5. The molecule has 0 aliphatic heterocycles. The number of para-hydroxylation sites is 1. The smallest absolute Gasteiger partial charge is 0.324 e. The van der Waals surface area contributed by atoms with Gasteiger partial charge < -0.3 is 5.32 Å².